The van der Waals surface area contributed by atoms with E-state index in [9.17, 15) is 4.79 Å². The highest BCUT2D eigenvalue weighted by molar-refractivity contribution is 5.59. The van der Waals surface area contributed by atoms with Gasteiger partial charge < -0.3 is 5.32 Å². The molecule has 0 saturated heterocycles. The molecular formula is C19H20N4O. The summed E-state index contributed by atoms with van der Waals surface area (Å²) in [5.74, 6) is 0.348. The van der Waals surface area contributed by atoms with Crippen LogP contribution in [0.25, 0.3) is 0 Å². The summed E-state index contributed by atoms with van der Waals surface area (Å²) in [6.45, 7) is 6.10. The molecule has 5 heteroatoms. The van der Waals surface area contributed by atoms with Crippen molar-refractivity contribution < 1.29 is 0 Å². The van der Waals surface area contributed by atoms with Gasteiger partial charge in [-0.25, -0.2) is 0 Å². The first-order valence-corrected chi connectivity index (χ1v) is 7.87. The molecule has 0 aliphatic rings. The van der Waals surface area contributed by atoms with Gasteiger partial charge in [0.25, 0.3) is 5.56 Å². The second-order valence-corrected chi connectivity index (χ2v) is 5.98. The van der Waals surface area contributed by atoms with Crippen LogP contribution in [0.5, 0.6) is 0 Å². The minimum atomic E-state index is -0.224. The van der Waals surface area contributed by atoms with Gasteiger partial charge >= 0.3 is 0 Å². The number of rotatable bonds is 4. The lowest BCUT2D eigenvalue weighted by Crippen LogP contribution is -2.19. The van der Waals surface area contributed by atoms with Gasteiger partial charge in [0.2, 0.25) is 5.95 Å². The number of anilines is 2. The third kappa shape index (κ3) is 3.51. The first kappa shape index (κ1) is 15.9. The zero-order valence-electron chi connectivity index (χ0n) is 14.1. The van der Waals surface area contributed by atoms with Gasteiger partial charge in [-0.15, -0.1) is 10.2 Å². The fourth-order valence-electron chi connectivity index (χ4n) is 2.45. The number of nitrogens with one attached hydrogen (secondary N) is 2. The topological polar surface area (TPSA) is 70.7 Å². The normalized spacial score (nSPS) is 10.6. The summed E-state index contributed by atoms with van der Waals surface area (Å²) in [6.07, 6.45) is 0.465. The van der Waals surface area contributed by atoms with Gasteiger partial charge in [0, 0.05) is 12.1 Å². The van der Waals surface area contributed by atoms with Gasteiger partial charge in [0.05, 0.1) is 0 Å². The van der Waals surface area contributed by atoms with E-state index < -0.39 is 0 Å². The first-order chi connectivity index (χ1) is 11.5. The highest BCUT2D eigenvalue weighted by Crippen LogP contribution is 2.20. The Balaban J connectivity index is 1.81. The highest BCUT2D eigenvalue weighted by atomic mass is 16.1. The summed E-state index contributed by atoms with van der Waals surface area (Å²) in [6, 6.07) is 14.0. The van der Waals surface area contributed by atoms with E-state index in [-0.39, 0.29) is 5.56 Å². The molecule has 122 valence electrons. The molecule has 0 aliphatic carbocycles. The Labute approximate surface area is 140 Å². The highest BCUT2D eigenvalue weighted by Gasteiger charge is 2.08. The van der Waals surface area contributed by atoms with E-state index in [1.807, 2.05) is 63.2 Å². The first-order valence-electron chi connectivity index (χ1n) is 7.87. The maximum Gasteiger partial charge on any atom is 0.274 e. The smallest absolute Gasteiger partial charge is 0.274 e. The largest absolute Gasteiger partial charge is 0.324 e. The molecule has 0 amide bonds. The van der Waals surface area contributed by atoms with Crippen LogP contribution in [-0.4, -0.2) is 15.2 Å². The van der Waals surface area contributed by atoms with Crippen LogP contribution in [0.15, 0.2) is 47.3 Å². The number of H-pyrrole nitrogens is 1. The molecule has 0 radical (unpaired) electrons. The molecule has 2 aromatic carbocycles. The summed E-state index contributed by atoms with van der Waals surface area (Å²) >= 11 is 0. The molecule has 2 N–H and O–H groups in total. The fourth-order valence-corrected chi connectivity index (χ4v) is 2.45. The Hall–Kier alpha value is -2.95. The molecule has 3 rings (SSSR count). The Morgan fingerprint density at radius 3 is 2.46 bits per heavy atom. The molecule has 0 aliphatic heterocycles. The third-order valence-corrected chi connectivity index (χ3v) is 4.11. The molecule has 1 heterocycles. The third-order valence-electron chi connectivity index (χ3n) is 4.11. The minimum absolute atomic E-state index is 0.224. The zero-order chi connectivity index (χ0) is 17.1. The van der Waals surface area contributed by atoms with Gasteiger partial charge in [-0.1, -0.05) is 42.0 Å². The minimum Gasteiger partial charge on any atom is -0.324 e. The molecule has 0 unspecified atom stereocenters. The van der Waals surface area contributed by atoms with Crippen LogP contribution < -0.4 is 10.9 Å². The number of hydrogen-bond donors (Lipinski definition) is 2. The number of aromatic nitrogens is 3. The Morgan fingerprint density at radius 1 is 1.00 bits per heavy atom. The second kappa shape index (κ2) is 6.66. The Morgan fingerprint density at radius 2 is 1.75 bits per heavy atom. The number of aryl methyl sites for hydroxylation is 2. The molecule has 0 bridgehead atoms. The number of benzene rings is 2. The zero-order valence-corrected chi connectivity index (χ0v) is 14.1. The molecule has 0 saturated carbocycles. The fraction of sp³-hybridized carbons (Fsp3) is 0.211. The van der Waals surface area contributed by atoms with Crippen molar-refractivity contribution in [1.82, 2.24) is 15.2 Å². The molecule has 0 spiro atoms. The molecule has 5 nitrogen and oxygen atoms in total. The predicted octanol–water partition coefficient (Wildman–Crippen LogP) is 3.42. The van der Waals surface area contributed by atoms with Crippen molar-refractivity contribution in [2.45, 2.75) is 27.2 Å². The summed E-state index contributed by atoms with van der Waals surface area (Å²) in [5, 5.41) is 11.3. The van der Waals surface area contributed by atoms with E-state index >= 15 is 0 Å². The van der Waals surface area contributed by atoms with Crippen LogP contribution in [0.1, 0.15) is 27.9 Å². The van der Waals surface area contributed by atoms with E-state index in [1.165, 1.54) is 11.1 Å². The average molecular weight is 320 g/mol. The molecule has 0 atom stereocenters. The number of nitrogens with zero attached hydrogens (tertiary/aromatic N) is 2. The van der Waals surface area contributed by atoms with Crippen LogP contribution in [0, 0.1) is 20.8 Å². The van der Waals surface area contributed by atoms with Gasteiger partial charge in [0.1, 0.15) is 5.69 Å². The van der Waals surface area contributed by atoms with Gasteiger partial charge in [-0.2, -0.15) is 0 Å². The Bertz CT molecular complexity index is 913. The predicted molar refractivity (Wildman–Crippen MR) is 95.8 cm³/mol. The number of aromatic amines is 1. The standard InChI is InChI=1S/C19H20N4O/c1-12-7-9-15(10-8-12)11-17-18(24)21-19(23-22-17)20-16-6-4-5-13(2)14(16)3/h4-10H,11H2,1-3H3,(H2,20,21,23,24). The van der Waals surface area contributed by atoms with E-state index in [1.54, 1.807) is 0 Å². The van der Waals surface area contributed by atoms with Crippen molar-refractivity contribution in [3.8, 4) is 0 Å². The lowest BCUT2D eigenvalue weighted by Gasteiger charge is -2.10. The van der Waals surface area contributed by atoms with Crippen LogP contribution in [-0.2, 0) is 6.42 Å². The van der Waals surface area contributed by atoms with Gasteiger partial charge in [0.15, 0.2) is 0 Å². The SMILES string of the molecule is Cc1ccc(Cc2nnc(Nc3cccc(C)c3C)[nH]c2=O)cc1. The van der Waals surface area contributed by atoms with Crippen LogP contribution >= 0.6 is 0 Å². The van der Waals surface area contributed by atoms with Crippen molar-refractivity contribution in [3.63, 3.8) is 0 Å². The van der Waals surface area contributed by atoms with E-state index in [4.69, 9.17) is 0 Å². The molecule has 0 fully saturated rings. The maximum absolute atomic E-state index is 12.3. The van der Waals surface area contributed by atoms with E-state index in [0.29, 0.717) is 18.1 Å². The molecule has 3 aromatic rings. The molecular weight excluding hydrogens is 300 g/mol. The summed E-state index contributed by atoms with van der Waals surface area (Å²) in [4.78, 5) is 15.0. The second-order valence-electron chi connectivity index (χ2n) is 5.98. The monoisotopic (exact) mass is 320 g/mol. The van der Waals surface area contributed by atoms with Crippen molar-refractivity contribution >= 4 is 11.6 Å². The van der Waals surface area contributed by atoms with Crippen LogP contribution in [0.4, 0.5) is 11.6 Å². The quantitative estimate of drug-likeness (QED) is 0.772. The van der Waals surface area contributed by atoms with Gasteiger partial charge in [-0.3, -0.25) is 9.78 Å². The molecule has 24 heavy (non-hydrogen) atoms. The summed E-state index contributed by atoms with van der Waals surface area (Å²) in [5.41, 5.74) is 5.60. The number of hydrogen-bond acceptors (Lipinski definition) is 4. The van der Waals surface area contributed by atoms with Crippen molar-refractivity contribution in [1.29, 1.82) is 0 Å². The molecule has 1 aromatic heterocycles. The van der Waals surface area contributed by atoms with E-state index in [2.05, 4.69) is 20.5 Å². The van der Waals surface area contributed by atoms with Gasteiger partial charge in [-0.05, 0) is 43.5 Å². The van der Waals surface area contributed by atoms with Crippen LogP contribution in [0.3, 0.4) is 0 Å². The van der Waals surface area contributed by atoms with Crippen molar-refractivity contribution in [2.75, 3.05) is 5.32 Å². The van der Waals surface area contributed by atoms with Crippen molar-refractivity contribution in [3.05, 3.63) is 80.8 Å². The average Bonchev–Trinajstić information content (AvgIpc) is 2.56. The Kier molecular flexibility index (Phi) is 4.42. The van der Waals surface area contributed by atoms with Crippen molar-refractivity contribution in [2.24, 2.45) is 0 Å². The summed E-state index contributed by atoms with van der Waals surface area (Å²) in [7, 11) is 0. The summed E-state index contributed by atoms with van der Waals surface area (Å²) < 4.78 is 0. The van der Waals surface area contributed by atoms with Crippen LogP contribution in [0.2, 0.25) is 0 Å². The maximum atomic E-state index is 12.3. The lowest BCUT2D eigenvalue weighted by atomic mass is 10.1. The van der Waals surface area contributed by atoms with E-state index in [0.717, 1.165) is 16.8 Å². The lowest BCUT2D eigenvalue weighted by molar-refractivity contribution is 0.873.